The van der Waals surface area contributed by atoms with Crippen LogP contribution in [0.5, 0.6) is 5.88 Å². The molecule has 0 aliphatic carbocycles. The highest BCUT2D eigenvalue weighted by atomic mass is 127. The Hall–Kier alpha value is -0.600. The number of halogens is 5. The minimum atomic E-state index is -4.44. The van der Waals surface area contributed by atoms with Gasteiger partial charge in [-0.15, -0.1) is 0 Å². The summed E-state index contributed by atoms with van der Waals surface area (Å²) in [6.07, 6.45) is -3.84. The van der Waals surface area contributed by atoms with Gasteiger partial charge in [-0.25, -0.2) is 9.37 Å². The first-order chi connectivity index (χ1) is 6.45. The second-order valence-corrected chi connectivity index (χ2v) is 3.42. The molecule has 0 atom stereocenters. The predicted octanol–water partition coefficient (Wildman–Crippen LogP) is 3.01. The molecule has 1 heterocycles. The molecule has 0 saturated heterocycles. The Balaban J connectivity index is 3.01. The molecule has 0 saturated carbocycles. The number of ether oxygens (including phenoxy) is 1. The van der Waals surface area contributed by atoms with E-state index in [1.807, 2.05) is 0 Å². The topological polar surface area (TPSA) is 22.1 Å². The number of aromatic nitrogens is 1. The average Bonchev–Trinajstić information content (AvgIpc) is 2.07. The van der Waals surface area contributed by atoms with Gasteiger partial charge in [0.15, 0.2) is 0 Å². The van der Waals surface area contributed by atoms with Crippen LogP contribution in [0.15, 0.2) is 12.3 Å². The van der Waals surface area contributed by atoms with Crippen LogP contribution in [0.3, 0.4) is 0 Å². The van der Waals surface area contributed by atoms with E-state index >= 15 is 0 Å². The quantitative estimate of drug-likeness (QED) is 0.617. The summed E-state index contributed by atoms with van der Waals surface area (Å²) in [5.41, 5.74) is -0.881. The molecule has 0 bridgehead atoms. The Morgan fingerprint density at radius 1 is 1.43 bits per heavy atom. The number of rotatable bonds is 2. The van der Waals surface area contributed by atoms with Crippen molar-refractivity contribution in [1.29, 1.82) is 0 Å². The van der Waals surface area contributed by atoms with Crippen molar-refractivity contribution in [1.82, 2.24) is 4.98 Å². The van der Waals surface area contributed by atoms with Gasteiger partial charge in [-0.1, -0.05) is 0 Å². The van der Waals surface area contributed by atoms with E-state index in [1.54, 1.807) is 22.6 Å². The zero-order chi connectivity index (χ0) is 10.8. The van der Waals surface area contributed by atoms with Crippen molar-refractivity contribution in [2.45, 2.75) is 6.18 Å². The Morgan fingerprint density at radius 2 is 2.07 bits per heavy atom. The van der Waals surface area contributed by atoms with E-state index < -0.39 is 18.6 Å². The van der Waals surface area contributed by atoms with Crippen LogP contribution in [0, 0.1) is 3.57 Å². The second-order valence-electron chi connectivity index (χ2n) is 2.26. The van der Waals surface area contributed by atoms with Crippen molar-refractivity contribution in [3.8, 4) is 5.88 Å². The molecular weight excluding hydrogens is 317 g/mol. The molecule has 0 aliphatic heterocycles. The number of alkyl halides is 4. The van der Waals surface area contributed by atoms with E-state index in [4.69, 9.17) is 0 Å². The van der Waals surface area contributed by atoms with E-state index in [2.05, 4.69) is 9.72 Å². The summed E-state index contributed by atoms with van der Waals surface area (Å²) in [4.78, 5) is 3.34. The van der Waals surface area contributed by atoms with Gasteiger partial charge in [-0.05, 0) is 28.7 Å². The lowest BCUT2D eigenvalue weighted by Crippen LogP contribution is -2.07. The fourth-order valence-corrected chi connectivity index (χ4v) is 1.37. The van der Waals surface area contributed by atoms with E-state index in [9.17, 15) is 17.6 Å². The third-order valence-electron chi connectivity index (χ3n) is 1.33. The van der Waals surface area contributed by atoms with Gasteiger partial charge in [0, 0.05) is 6.20 Å². The normalized spacial score (nSPS) is 11.5. The molecule has 78 valence electrons. The minimum Gasteiger partial charge on any atom is -0.445 e. The highest BCUT2D eigenvalue weighted by Crippen LogP contribution is 2.31. The summed E-state index contributed by atoms with van der Waals surface area (Å²) >= 11 is 1.60. The molecule has 0 amide bonds. The molecule has 0 radical (unpaired) electrons. The van der Waals surface area contributed by atoms with Crippen LogP contribution in [0.25, 0.3) is 0 Å². The number of hydrogen-bond donors (Lipinski definition) is 0. The van der Waals surface area contributed by atoms with Crippen molar-refractivity contribution in [3.05, 3.63) is 21.4 Å². The molecule has 1 rings (SSSR count). The van der Waals surface area contributed by atoms with Gasteiger partial charge in [0.1, 0.15) is 0 Å². The summed E-state index contributed by atoms with van der Waals surface area (Å²) in [6.45, 7) is -1.12. The highest BCUT2D eigenvalue weighted by molar-refractivity contribution is 14.1. The zero-order valence-electron chi connectivity index (χ0n) is 6.61. The number of hydrogen-bond acceptors (Lipinski definition) is 2. The number of nitrogens with zero attached hydrogens (tertiary/aromatic N) is 1. The van der Waals surface area contributed by atoms with Crippen LogP contribution in [0.4, 0.5) is 17.6 Å². The third-order valence-corrected chi connectivity index (χ3v) is 2.10. The average molecular weight is 321 g/mol. The molecular formula is C7H4F4INO. The lowest BCUT2D eigenvalue weighted by Gasteiger charge is -2.08. The van der Waals surface area contributed by atoms with Gasteiger partial charge in [0.25, 0.3) is 0 Å². The monoisotopic (exact) mass is 321 g/mol. The molecule has 1 aromatic rings. The van der Waals surface area contributed by atoms with Crippen LogP contribution >= 0.6 is 22.6 Å². The molecule has 14 heavy (non-hydrogen) atoms. The minimum absolute atomic E-state index is 0.120. The molecule has 0 fully saturated rings. The van der Waals surface area contributed by atoms with E-state index in [1.165, 1.54) is 0 Å². The van der Waals surface area contributed by atoms with Crippen LogP contribution in [-0.2, 0) is 6.18 Å². The van der Waals surface area contributed by atoms with Crippen LogP contribution in [-0.4, -0.2) is 11.8 Å². The first kappa shape index (κ1) is 11.5. The lowest BCUT2D eigenvalue weighted by atomic mass is 10.3. The molecule has 2 nitrogen and oxygen atoms in total. The molecule has 0 unspecified atom stereocenters. The standard InChI is InChI=1S/C7H4F4INO/c8-3-14-6-5(12)1-4(2-13-6)7(9,10)11/h1-2H,3H2. The largest absolute Gasteiger partial charge is 0.445 e. The van der Waals surface area contributed by atoms with Crippen molar-refractivity contribution in [3.63, 3.8) is 0 Å². The van der Waals surface area contributed by atoms with Gasteiger partial charge in [-0.3, -0.25) is 0 Å². The maximum Gasteiger partial charge on any atom is 0.417 e. The Bertz CT molecular complexity index is 328. The fourth-order valence-electron chi connectivity index (χ4n) is 0.738. The molecule has 0 aliphatic rings. The maximum absolute atomic E-state index is 12.1. The SMILES string of the molecule is FCOc1ncc(C(F)(F)F)cc1I. The fraction of sp³-hybridized carbons (Fsp3) is 0.286. The van der Waals surface area contributed by atoms with E-state index in [-0.39, 0.29) is 9.45 Å². The summed E-state index contributed by atoms with van der Waals surface area (Å²) in [6, 6.07) is 0.846. The Labute approximate surface area is 90.4 Å². The van der Waals surface area contributed by atoms with Crippen molar-refractivity contribution in [2.75, 3.05) is 6.86 Å². The zero-order valence-corrected chi connectivity index (χ0v) is 8.76. The van der Waals surface area contributed by atoms with Crippen molar-refractivity contribution >= 4 is 22.6 Å². The summed E-state index contributed by atoms with van der Waals surface area (Å²) in [5.74, 6) is -0.138. The van der Waals surface area contributed by atoms with Crippen LogP contribution < -0.4 is 4.74 Å². The van der Waals surface area contributed by atoms with Crippen LogP contribution in [0.2, 0.25) is 0 Å². The molecule has 0 spiro atoms. The Morgan fingerprint density at radius 3 is 2.50 bits per heavy atom. The third kappa shape index (κ3) is 2.69. The van der Waals surface area contributed by atoms with Crippen molar-refractivity contribution in [2.24, 2.45) is 0 Å². The van der Waals surface area contributed by atoms with Gasteiger partial charge < -0.3 is 4.74 Å². The van der Waals surface area contributed by atoms with Gasteiger partial charge in [-0.2, -0.15) is 13.2 Å². The first-order valence-corrected chi connectivity index (χ1v) is 4.44. The number of pyridine rings is 1. The second kappa shape index (κ2) is 4.28. The highest BCUT2D eigenvalue weighted by Gasteiger charge is 2.31. The van der Waals surface area contributed by atoms with E-state index in [0.29, 0.717) is 6.20 Å². The van der Waals surface area contributed by atoms with Gasteiger partial charge in [0.05, 0.1) is 9.13 Å². The van der Waals surface area contributed by atoms with E-state index in [0.717, 1.165) is 6.07 Å². The molecule has 1 aromatic heterocycles. The summed E-state index contributed by atoms with van der Waals surface area (Å²) in [5, 5.41) is 0. The van der Waals surface area contributed by atoms with Gasteiger partial charge in [0.2, 0.25) is 12.7 Å². The van der Waals surface area contributed by atoms with Crippen LogP contribution in [0.1, 0.15) is 5.56 Å². The predicted molar refractivity (Wildman–Crippen MR) is 48.6 cm³/mol. The smallest absolute Gasteiger partial charge is 0.417 e. The summed E-state index contributed by atoms with van der Waals surface area (Å²) < 4.78 is 52.6. The molecule has 0 N–H and O–H groups in total. The molecule has 7 heteroatoms. The molecule has 0 aromatic carbocycles. The van der Waals surface area contributed by atoms with Crippen molar-refractivity contribution < 1.29 is 22.3 Å². The Kier molecular flexibility index (Phi) is 3.51. The van der Waals surface area contributed by atoms with Gasteiger partial charge >= 0.3 is 6.18 Å². The maximum atomic E-state index is 12.1. The first-order valence-electron chi connectivity index (χ1n) is 3.36. The lowest BCUT2D eigenvalue weighted by molar-refractivity contribution is -0.137. The summed E-state index contributed by atoms with van der Waals surface area (Å²) in [7, 11) is 0.